The number of nitrogens with zero attached hydrogens (tertiary/aromatic N) is 1. The van der Waals surface area contributed by atoms with Gasteiger partial charge in [0, 0.05) is 17.8 Å². The van der Waals surface area contributed by atoms with E-state index in [1.807, 2.05) is 18.2 Å². The lowest BCUT2D eigenvalue weighted by Crippen LogP contribution is -2.22. The Balaban J connectivity index is 1.68. The highest BCUT2D eigenvalue weighted by molar-refractivity contribution is 7.09. The van der Waals surface area contributed by atoms with Gasteiger partial charge in [-0.25, -0.2) is 0 Å². The van der Waals surface area contributed by atoms with Gasteiger partial charge in [-0.1, -0.05) is 18.2 Å². The average molecular weight is 284 g/mol. The molecule has 4 heteroatoms. The summed E-state index contributed by atoms with van der Waals surface area (Å²) in [5.41, 5.74) is 1.65. The van der Waals surface area contributed by atoms with Gasteiger partial charge in [0.1, 0.15) is 0 Å². The van der Waals surface area contributed by atoms with Crippen LogP contribution in [0, 0.1) is 11.3 Å². The molecule has 0 saturated heterocycles. The zero-order chi connectivity index (χ0) is 14.2. The number of hydrogen-bond donors (Lipinski definition) is 1. The number of hydrogen-bond acceptors (Lipinski definition) is 3. The Morgan fingerprint density at radius 3 is 2.70 bits per heavy atom. The monoisotopic (exact) mass is 284 g/mol. The van der Waals surface area contributed by atoms with Crippen LogP contribution in [0.1, 0.15) is 28.8 Å². The van der Waals surface area contributed by atoms with E-state index in [-0.39, 0.29) is 5.91 Å². The largest absolute Gasteiger partial charge is 0.352 e. The van der Waals surface area contributed by atoms with Crippen molar-refractivity contribution in [2.24, 2.45) is 0 Å². The lowest BCUT2D eigenvalue weighted by molar-refractivity contribution is -0.121. The van der Waals surface area contributed by atoms with E-state index in [1.165, 1.54) is 4.88 Å². The normalized spacial score (nSPS) is 9.95. The number of rotatable bonds is 6. The van der Waals surface area contributed by atoms with Crippen LogP contribution in [-0.2, 0) is 17.8 Å². The molecule has 0 fully saturated rings. The quantitative estimate of drug-likeness (QED) is 0.885. The van der Waals surface area contributed by atoms with Crippen LogP contribution in [-0.4, -0.2) is 5.91 Å². The van der Waals surface area contributed by atoms with Crippen molar-refractivity contribution < 1.29 is 4.79 Å². The molecule has 1 amide bonds. The maximum absolute atomic E-state index is 11.7. The van der Waals surface area contributed by atoms with E-state index in [0.717, 1.165) is 18.4 Å². The lowest BCUT2D eigenvalue weighted by Gasteiger charge is -2.05. The molecule has 0 spiro atoms. The number of amides is 1. The third-order valence-corrected chi connectivity index (χ3v) is 3.92. The SMILES string of the molecule is N#Cc1ccc(CNC(=O)CCCc2cccs2)cc1. The molecule has 0 atom stereocenters. The van der Waals surface area contributed by atoms with Gasteiger partial charge in [-0.3, -0.25) is 4.79 Å². The molecule has 1 aromatic heterocycles. The summed E-state index contributed by atoms with van der Waals surface area (Å²) in [7, 11) is 0. The van der Waals surface area contributed by atoms with Crippen LogP contribution in [0.25, 0.3) is 0 Å². The fourth-order valence-electron chi connectivity index (χ4n) is 1.86. The van der Waals surface area contributed by atoms with Gasteiger partial charge in [-0.05, 0) is 42.0 Å². The summed E-state index contributed by atoms with van der Waals surface area (Å²) in [6, 6.07) is 13.5. The fourth-order valence-corrected chi connectivity index (χ4v) is 2.62. The van der Waals surface area contributed by atoms with Crippen LogP contribution in [0.4, 0.5) is 0 Å². The predicted molar refractivity (Wildman–Crippen MR) is 80.3 cm³/mol. The first-order valence-corrected chi connectivity index (χ1v) is 7.44. The zero-order valence-electron chi connectivity index (χ0n) is 11.1. The summed E-state index contributed by atoms with van der Waals surface area (Å²) in [6.45, 7) is 0.517. The third kappa shape index (κ3) is 4.52. The predicted octanol–water partition coefficient (Wildman–Crippen LogP) is 3.26. The van der Waals surface area contributed by atoms with E-state index in [1.54, 1.807) is 23.5 Å². The Bertz CT molecular complexity index is 582. The number of thiophene rings is 1. The molecule has 0 aliphatic heterocycles. The number of nitrogens with one attached hydrogen (secondary N) is 1. The average Bonchev–Trinajstić information content (AvgIpc) is 2.99. The zero-order valence-corrected chi connectivity index (χ0v) is 12.0. The second kappa shape index (κ2) is 7.46. The Morgan fingerprint density at radius 2 is 2.05 bits per heavy atom. The van der Waals surface area contributed by atoms with E-state index < -0.39 is 0 Å². The number of aryl methyl sites for hydroxylation is 1. The van der Waals surface area contributed by atoms with Crippen LogP contribution in [0.15, 0.2) is 41.8 Å². The maximum atomic E-state index is 11.7. The topological polar surface area (TPSA) is 52.9 Å². The number of carbonyl (C=O) groups excluding carboxylic acids is 1. The van der Waals surface area contributed by atoms with Gasteiger partial charge in [0.15, 0.2) is 0 Å². The summed E-state index contributed by atoms with van der Waals surface area (Å²) in [5.74, 6) is 0.0749. The minimum atomic E-state index is 0.0749. The van der Waals surface area contributed by atoms with Crippen molar-refractivity contribution in [1.82, 2.24) is 5.32 Å². The Kier molecular flexibility index (Phi) is 5.33. The van der Waals surface area contributed by atoms with Crippen LogP contribution in [0.3, 0.4) is 0 Å². The van der Waals surface area contributed by atoms with Gasteiger partial charge < -0.3 is 5.32 Å². The van der Waals surface area contributed by atoms with Gasteiger partial charge in [0.25, 0.3) is 0 Å². The van der Waals surface area contributed by atoms with Crippen LogP contribution < -0.4 is 5.32 Å². The molecule has 0 bridgehead atoms. The highest BCUT2D eigenvalue weighted by Crippen LogP contribution is 2.11. The maximum Gasteiger partial charge on any atom is 0.220 e. The van der Waals surface area contributed by atoms with E-state index in [9.17, 15) is 4.79 Å². The van der Waals surface area contributed by atoms with Crippen molar-refractivity contribution in [1.29, 1.82) is 5.26 Å². The second-order valence-electron chi connectivity index (χ2n) is 4.52. The molecule has 0 aliphatic carbocycles. The van der Waals surface area contributed by atoms with Gasteiger partial charge in [-0.15, -0.1) is 11.3 Å². The lowest BCUT2D eigenvalue weighted by atomic mass is 10.1. The molecule has 3 nitrogen and oxygen atoms in total. The van der Waals surface area contributed by atoms with E-state index in [2.05, 4.69) is 22.8 Å². The highest BCUT2D eigenvalue weighted by Gasteiger charge is 2.02. The molecule has 1 N–H and O–H groups in total. The van der Waals surface area contributed by atoms with Gasteiger partial charge in [-0.2, -0.15) is 5.26 Å². The standard InChI is InChI=1S/C16H16N2OS/c17-11-13-6-8-14(9-7-13)12-18-16(19)5-1-3-15-4-2-10-20-15/h2,4,6-10H,1,3,5,12H2,(H,18,19). The van der Waals surface area contributed by atoms with E-state index in [4.69, 9.17) is 5.26 Å². The van der Waals surface area contributed by atoms with Crippen LogP contribution in [0.5, 0.6) is 0 Å². The minimum Gasteiger partial charge on any atom is -0.352 e. The first-order chi connectivity index (χ1) is 9.78. The fraction of sp³-hybridized carbons (Fsp3) is 0.250. The summed E-state index contributed by atoms with van der Waals surface area (Å²) in [4.78, 5) is 13.0. The van der Waals surface area contributed by atoms with Crippen molar-refractivity contribution in [3.63, 3.8) is 0 Å². The first-order valence-electron chi connectivity index (χ1n) is 6.56. The van der Waals surface area contributed by atoms with E-state index >= 15 is 0 Å². The Morgan fingerprint density at radius 1 is 1.25 bits per heavy atom. The van der Waals surface area contributed by atoms with Crippen LogP contribution >= 0.6 is 11.3 Å². The molecule has 0 unspecified atom stereocenters. The van der Waals surface area contributed by atoms with Gasteiger partial charge >= 0.3 is 0 Å². The van der Waals surface area contributed by atoms with Crippen molar-refractivity contribution in [2.45, 2.75) is 25.8 Å². The number of carbonyl (C=O) groups is 1. The minimum absolute atomic E-state index is 0.0749. The molecule has 2 aromatic rings. The van der Waals surface area contributed by atoms with Crippen molar-refractivity contribution in [2.75, 3.05) is 0 Å². The Hall–Kier alpha value is -2.12. The van der Waals surface area contributed by atoms with Crippen molar-refractivity contribution >= 4 is 17.2 Å². The molecule has 20 heavy (non-hydrogen) atoms. The third-order valence-electron chi connectivity index (χ3n) is 2.98. The molecule has 102 valence electrons. The first kappa shape index (κ1) is 14.3. The second-order valence-corrected chi connectivity index (χ2v) is 5.55. The summed E-state index contributed by atoms with van der Waals surface area (Å²) in [6.07, 6.45) is 2.38. The van der Waals surface area contributed by atoms with Crippen LogP contribution in [0.2, 0.25) is 0 Å². The van der Waals surface area contributed by atoms with Crippen molar-refractivity contribution in [3.05, 3.63) is 57.8 Å². The molecule has 0 saturated carbocycles. The summed E-state index contributed by atoms with van der Waals surface area (Å²) in [5, 5.41) is 13.7. The molecular formula is C16H16N2OS. The molecule has 1 aromatic carbocycles. The summed E-state index contributed by atoms with van der Waals surface area (Å²) < 4.78 is 0. The molecule has 0 radical (unpaired) electrons. The molecule has 2 rings (SSSR count). The van der Waals surface area contributed by atoms with Crippen molar-refractivity contribution in [3.8, 4) is 6.07 Å². The highest BCUT2D eigenvalue weighted by atomic mass is 32.1. The molecule has 1 heterocycles. The molecule has 0 aliphatic rings. The molecular weight excluding hydrogens is 268 g/mol. The number of nitriles is 1. The van der Waals surface area contributed by atoms with Gasteiger partial charge in [0.2, 0.25) is 5.91 Å². The summed E-state index contributed by atoms with van der Waals surface area (Å²) >= 11 is 1.73. The Labute approximate surface area is 122 Å². The van der Waals surface area contributed by atoms with Gasteiger partial charge in [0.05, 0.1) is 11.6 Å². The van der Waals surface area contributed by atoms with E-state index in [0.29, 0.717) is 18.5 Å². The smallest absolute Gasteiger partial charge is 0.220 e. The number of benzene rings is 1.